The lowest BCUT2D eigenvalue weighted by molar-refractivity contribution is 0.399. The van der Waals surface area contributed by atoms with Gasteiger partial charge in [0.1, 0.15) is 0 Å². The molecule has 4 unspecified atom stereocenters. The van der Waals surface area contributed by atoms with E-state index in [0.717, 1.165) is 29.7 Å². The predicted molar refractivity (Wildman–Crippen MR) is 81.4 cm³/mol. The Kier molecular flexibility index (Phi) is 3.66. The normalized spacial score (nSPS) is 29.8. The second kappa shape index (κ2) is 5.28. The summed E-state index contributed by atoms with van der Waals surface area (Å²) in [5, 5.41) is 3.61. The van der Waals surface area contributed by atoms with Crippen molar-refractivity contribution in [3.05, 3.63) is 35.4 Å². The summed E-state index contributed by atoms with van der Waals surface area (Å²) >= 11 is 0. The monoisotopic (exact) mass is 257 g/mol. The summed E-state index contributed by atoms with van der Waals surface area (Å²) in [5.74, 6) is 3.53. The first-order valence-electron chi connectivity index (χ1n) is 7.97. The molecule has 1 fully saturated rings. The number of rotatable bonds is 5. The average molecular weight is 257 g/mol. The first-order valence-corrected chi connectivity index (χ1v) is 7.97. The topological polar surface area (TPSA) is 12.0 Å². The van der Waals surface area contributed by atoms with Gasteiger partial charge in [-0.15, -0.1) is 0 Å². The van der Waals surface area contributed by atoms with Crippen LogP contribution in [0.15, 0.2) is 24.3 Å². The highest BCUT2D eigenvalue weighted by Gasteiger charge is 2.55. The fourth-order valence-electron chi connectivity index (χ4n) is 4.21. The minimum atomic E-state index is 0.726. The Morgan fingerprint density at radius 2 is 2.00 bits per heavy atom. The van der Waals surface area contributed by atoms with Crippen LogP contribution in [0.3, 0.4) is 0 Å². The first kappa shape index (κ1) is 13.2. The van der Waals surface area contributed by atoms with Gasteiger partial charge in [0, 0.05) is 6.04 Å². The Labute approximate surface area is 117 Å². The molecule has 0 bridgehead atoms. The Morgan fingerprint density at radius 3 is 2.74 bits per heavy atom. The summed E-state index contributed by atoms with van der Waals surface area (Å²) < 4.78 is 0. The summed E-state index contributed by atoms with van der Waals surface area (Å²) in [6, 6.07) is 9.86. The number of aryl methyl sites for hydroxylation is 1. The summed E-state index contributed by atoms with van der Waals surface area (Å²) in [7, 11) is 2.15. The molecule has 0 radical (unpaired) electrons. The molecule has 0 aromatic heterocycles. The maximum atomic E-state index is 3.61. The Hall–Kier alpha value is -0.820. The molecule has 1 N–H and O–H groups in total. The lowest BCUT2D eigenvalue weighted by Crippen LogP contribution is -2.29. The summed E-state index contributed by atoms with van der Waals surface area (Å²) in [6.45, 7) is 4.67. The Balaban J connectivity index is 1.72. The molecule has 2 aliphatic carbocycles. The summed E-state index contributed by atoms with van der Waals surface area (Å²) in [6.07, 6.45) is 5.40. The van der Waals surface area contributed by atoms with E-state index in [1.54, 1.807) is 11.1 Å². The van der Waals surface area contributed by atoms with Crippen molar-refractivity contribution in [3.8, 4) is 0 Å². The van der Waals surface area contributed by atoms with Crippen LogP contribution < -0.4 is 5.32 Å². The second-order valence-electron chi connectivity index (χ2n) is 6.87. The van der Waals surface area contributed by atoms with Gasteiger partial charge in [0.25, 0.3) is 0 Å². The van der Waals surface area contributed by atoms with E-state index in [0.29, 0.717) is 0 Å². The van der Waals surface area contributed by atoms with Crippen LogP contribution in [0.4, 0.5) is 0 Å². The van der Waals surface area contributed by atoms with E-state index in [1.165, 1.54) is 25.7 Å². The van der Waals surface area contributed by atoms with Crippen LogP contribution in [-0.4, -0.2) is 13.1 Å². The zero-order chi connectivity index (χ0) is 13.4. The standard InChI is InChI=1S/C18H27N/c1-12(2)8-11-16(19-3)18-15-10-9-13-6-4-5-7-14(13)17(15)18/h4-7,12,15-19H,8-11H2,1-3H3. The van der Waals surface area contributed by atoms with Crippen molar-refractivity contribution in [1.82, 2.24) is 5.32 Å². The maximum Gasteiger partial charge on any atom is 0.0101 e. The number of benzene rings is 1. The summed E-state index contributed by atoms with van der Waals surface area (Å²) in [5.41, 5.74) is 3.28. The quantitative estimate of drug-likeness (QED) is 0.841. The zero-order valence-electron chi connectivity index (χ0n) is 12.5. The van der Waals surface area contributed by atoms with Gasteiger partial charge >= 0.3 is 0 Å². The van der Waals surface area contributed by atoms with Gasteiger partial charge in [-0.2, -0.15) is 0 Å². The van der Waals surface area contributed by atoms with Crippen molar-refractivity contribution in [1.29, 1.82) is 0 Å². The predicted octanol–water partition coefficient (Wildman–Crippen LogP) is 3.99. The summed E-state index contributed by atoms with van der Waals surface area (Å²) in [4.78, 5) is 0. The third-order valence-electron chi connectivity index (χ3n) is 5.28. The fourth-order valence-corrected chi connectivity index (χ4v) is 4.21. The van der Waals surface area contributed by atoms with Crippen molar-refractivity contribution in [2.45, 2.75) is 51.5 Å². The molecule has 1 heteroatoms. The van der Waals surface area contributed by atoms with Gasteiger partial charge in [0.15, 0.2) is 0 Å². The zero-order valence-corrected chi connectivity index (χ0v) is 12.5. The van der Waals surface area contributed by atoms with Gasteiger partial charge in [-0.05, 0) is 67.5 Å². The third kappa shape index (κ3) is 2.45. The fraction of sp³-hybridized carbons (Fsp3) is 0.667. The molecule has 0 spiro atoms. The highest BCUT2D eigenvalue weighted by atomic mass is 14.9. The van der Waals surface area contributed by atoms with E-state index in [9.17, 15) is 0 Å². The molecule has 1 nitrogen and oxygen atoms in total. The van der Waals surface area contributed by atoms with Crippen molar-refractivity contribution < 1.29 is 0 Å². The van der Waals surface area contributed by atoms with Crippen LogP contribution >= 0.6 is 0 Å². The van der Waals surface area contributed by atoms with E-state index in [1.807, 2.05) is 0 Å². The highest BCUT2D eigenvalue weighted by molar-refractivity contribution is 5.40. The number of fused-ring (bicyclic) bond motifs is 3. The van der Waals surface area contributed by atoms with Crippen LogP contribution in [0, 0.1) is 17.8 Å². The van der Waals surface area contributed by atoms with Crippen molar-refractivity contribution in [2.75, 3.05) is 7.05 Å². The molecule has 104 valence electrons. The van der Waals surface area contributed by atoms with Gasteiger partial charge in [-0.3, -0.25) is 0 Å². The number of hydrogen-bond donors (Lipinski definition) is 1. The highest BCUT2D eigenvalue weighted by Crippen LogP contribution is 2.61. The molecule has 1 aromatic carbocycles. The largest absolute Gasteiger partial charge is 0.317 e. The minimum absolute atomic E-state index is 0.726. The molecule has 0 saturated heterocycles. The van der Waals surface area contributed by atoms with Gasteiger partial charge in [-0.25, -0.2) is 0 Å². The Bertz CT molecular complexity index is 437. The molecule has 0 heterocycles. The molecular formula is C18H27N. The van der Waals surface area contributed by atoms with E-state index in [2.05, 4.69) is 50.5 Å². The number of hydrogen-bond acceptors (Lipinski definition) is 1. The molecule has 0 aliphatic heterocycles. The Morgan fingerprint density at radius 1 is 1.21 bits per heavy atom. The van der Waals surface area contributed by atoms with E-state index >= 15 is 0 Å². The molecular weight excluding hydrogens is 230 g/mol. The molecule has 0 amide bonds. The van der Waals surface area contributed by atoms with Crippen molar-refractivity contribution in [2.24, 2.45) is 17.8 Å². The van der Waals surface area contributed by atoms with Gasteiger partial charge in [0.05, 0.1) is 0 Å². The van der Waals surface area contributed by atoms with Crippen LogP contribution in [-0.2, 0) is 6.42 Å². The molecule has 3 rings (SSSR count). The smallest absolute Gasteiger partial charge is 0.0101 e. The SMILES string of the molecule is CNC(CCC(C)C)C1C2CCc3ccccc3C21. The van der Waals surface area contributed by atoms with Crippen LogP contribution in [0.25, 0.3) is 0 Å². The average Bonchev–Trinajstić information content (AvgIpc) is 3.14. The third-order valence-corrected chi connectivity index (χ3v) is 5.28. The van der Waals surface area contributed by atoms with E-state index in [4.69, 9.17) is 0 Å². The molecule has 19 heavy (non-hydrogen) atoms. The van der Waals surface area contributed by atoms with Crippen molar-refractivity contribution >= 4 is 0 Å². The van der Waals surface area contributed by atoms with Crippen LogP contribution in [0.2, 0.25) is 0 Å². The lowest BCUT2D eigenvalue weighted by Gasteiger charge is -2.17. The molecule has 4 atom stereocenters. The van der Waals surface area contributed by atoms with Crippen molar-refractivity contribution in [3.63, 3.8) is 0 Å². The lowest BCUT2D eigenvalue weighted by atomic mass is 9.92. The van der Waals surface area contributed by atoms with E-state index < -0.39 is 0 Å². The maximum absolute atomic E-state index is 3.61. The second-order valence-corrected chi connectivity index (χ2v) is 6.87. The van der Waals surface area contributed by atoms with E-state index in [-0.39, 0.29) is 0 Å². The minimum Gasteiger partial charge on any atom is -0.317 e. The van der Waals surface area contributed by atoms with Crippen LogP contribution in [0.5, 0.6) is 0 Å². The van der Waals surface area contributed by atoms with Crippen LogP contribution in [0.1, 0.15) is 50.2 Å². The van der Waals surface area contributed by atoms with Gasteiger partial charge in [0.2, 0.25) is 0 Å². The first-order chi connectivity index (χ1) is 9.22. The van der Waals surface area contributed by atoms with Gasteiger partial charge < -0.3 is 5.32 Å². The number of nitrogens with one attached hydrogen (secondary N) is 1. The molecule has 2 aliphatic rings. The molecule has 1 aromatic rings. The molecule has 1 saturated carbocycles. The van der Waals surface area contributed by atoms with Gasteiger partial charge in [-0.1, -0.05) is 38.1 Å².